The van der Waals surface area contributed by atoms with Crippen LogP contribution >= 0.6 is 23.2 Å². The lowest BCUT2D eigenvalue weighted by Gasteiger charge is -2.11. The predicted octanol–water partition coefficient (Wildman–Crippen LogP) is 7.05. The molecular weight excluding hydrogens is 579 g/mol. The van der Waals surface area contributed by atoms with Crippen LogP contribution in [-0.4, -0.2) is 29.2 Å². The fourth-order valence-corrected chi connectivity index (χ4v) is 4.15. The minimum absolute atomic E-state index is 0.00269. The Bertz CT molecular complexity index is 1840. The molecule has 0 heterocycles. The number of halogens is 2. The van der Waals surface area contributed by atoms with E-state index in [1.165, 1.54) is 54.7 Å². The van der Waals surface area contributed by atoms with E-state index in [0.29, 0.717) is 10.0 Å². The number of hydrazone groups is 1. The first-order valence-corrected chi connectivity index (χ1v) is 13.2. The molecule has 0 aliphatic rings. The third-order valence-corrected chi connectivity index (χ3v) is 6.54. The van der Waals surface area contributed by atoms with Gasteiger partial charge in [0.05, 0.1) is 22.9 Å². The average molecular weight is 599 g/mol. The summed E-state index contributed by atoms with van der Waals surface area (Å²) in [5, 5.41) is 16.8. The summed E-state index contributed by atoms with van der Waals surface area (Å²) in [5.74, 6) is -2.11. The van der Waals surface area contributed by atoms with Crippen LogP contribution in [0.3, 0.4) is 0 Å². The number of benzene rings is 5. The molecular formula is C32H20Cl2N2O6. The van der Waals surface area contributed by atoms with Crippen LogP contribution < -0.4 is 14.9 Å². The van der Waals surface area contributed by atoms with Gasteiger partial charge in [0.1, 0.15) is 17.2 Å². The summed E-state index contributed by atoms with van der Waals surface area (Å²) >= 11 is 11.8. The van der Waals surface area contributed by atoms with Crippen molar-refractivity contribution in [2.45, 2.75) is 0 Å². The van der Waals surface area contributed by atoms with Crippen LogP contribution in [0.2, 0.25) is 10.0 Å². The van der Waals surface area contributed by atoms with Crippen LogP contribution in [0.1, 0.15) is 36.6 Å². The molecule has 0 saturated heterocycles. The molecule has 0 unspecified atom stereocenters. The minimum Gasteiger partial charge on any atom is -0.507 e. The molecule has 5 aromatic carbocycles. The quantitative estimate of drug-likeness (QED) is 0.0897. The second kappa shape index (κ2) is 12.6. The lowest BCUT2D eigenvalue weighted by molar-refractivity contribution is 0.0731. The monoisotopic (exact) mass is 598 g/mol. The van der Waals surface area contributed by atoms with Crippen LogP contribution in [0, 0.1) is 0 Å². The largest absolute Gasteiger partial charge is 0.507 e. The number of amides is 1. The van der Waals surface area contributed by atoms with Crippen LogP contribution in [0.15, 0.2) is 108 Å². The van der Waals surface area contributed by atoms with Gasteiger partial charge in [-0.2, -0.15) is 5.10 Å². The molecule has 10 heteroatoms. The van der Waals surface area contributed by atoms with E-state index in [4.69, 9.17) is 32.7 Å². The molecule has 5 aromatic rings. The molecule has 208 valence electrons. The van der Waals surface area contributed by atoms with Crippen LogP contribution in [-0.2, 0) is 0 Å². The number of nitrogens with one attached hydrogen (secondary N) is 1. The van der Waals surface area contributed by atoms with Crippen LogP contribution in [0.5, 0.6) is 17.2 Å². The maximum Gasteiger partial charge on any atom is 0.343 e. The Kier molecular flexibility index (Phi) is 8.47. The van der Waals surface area contributed by atoms with E-state index in [2.05, 4.69) is 10.5 Å². The Hall–Kier alpha value is -5.18. The summed E-state index contributed by atoms with van der Waals surface area (Å²) in [7, 11) is 0. The van der Waals surface area contributed by atoms with Crippen molar-refractivity contribution in [3.05, 3.63) is 135 Å². The molecule has 1 amide bonds. The number of esters is 2. The van der Waals surface area contributed by atoms with E-state index in [0.717, 1.165) is 10.8 Å². The third-order valence-electron chi connectivity index (χ3n) is 6.04. The van der Waals surface area contributed by atoms with Gasteiger partial charge in [0.2, 0.25) is 0 Å². The summed E-state index contributed by atoms with van der Waals surface area (Å²) in [6.45, 7) is 0. The van der Waals surface area contributed by atoms with Gasteiger partial charge in [0, 0.05) is 21.7 Å². The maximum atomic E-state index is 12.8. The van der Waals surface area contributed by atoms with Gasteiger partial charge in [-0.1, -0.05) is 47.5 Å². The number of ether oxygens (including phenoxy) is 2. The van der Waals surface area contributed by atoms with Gasteiger partial charge in [-0.25, -0.2) is 15.0 Å². The van der Waals surface area contributed by atoms with Gasteiger partial charge in [0.25, 0.3) is 5.91 Å². The van der Waals surface area contributed by atoms with Gasteiger partial charge in [-0.15, -0.1) is 0 Å². The molecule has 0 saturated carbocycles. The van der Waals surface area contributed by atoms with Crippen molar-refractivity contribution in [3.8, 4) is 17.2 Å². The van der Waals surface area contributed by atoms with E-state index in [-0.39, 0.29) is 39.5 Å². The first-order valence-electron chi connectivity index (χ1n) is 12.4. The molecule has 0 aliphatic carbocycles. The number of hydrogen-bond donors (Lipinski definition) is 2. The first-order chi connectivity index (χ1) is 20.3. The number of rotatable bonds is 7. The van der Waals surface area contributed by atoms with Crippen molar-refractivity contribution >= 4 is 58.0 Å². The summed E-state index contributed by atoms with van der Waals surface area (Å²) in [6.07, 6.45) is 1.26. The van der Waals surface area contributed by atoms with Gasteiger partial charge in [-0.05, 0) is 83.6 Å². The summed E-state index contributed by atoms with van der Waals surface area (Å²) in [5.41, 5.74) is 3.18. The summed E-state index contributed by atoms with van der Waals surface area (Å²) < 4.78 is 11.0. The van der Waals surface area contributed by atoms with Crippen LogP contribution in [0.25, 0.3) is 10.8 Å². The average Bonchev–Trinajstić information content (AvgIpc) is 2.98. The Morgan fingerprint density at radius 3 is 1.90 bits per heavy atom. The fourth-order valence-electron chi connectivity index (χ4n) is 3.90. The number of hydrogen-bond acceptors (Lipinski definition) is 7. The second-order valence-electron chi connectivity index (χ2n) is 8.91. The molecule has 5 rings (SSSR count). The zero-order chi connectivity index (χ0) is 29.6. The van der Waals surface area contributed by atoms with Gasteiger partial charge in [-0.3, -0.25) is 4.79 Å². The number of phenolic OH excluding ortho intramolecular Hbond substituents is 1. The molecule has 0 bridgehead atoms. The topological polar surface area (TPSA) is 114 Å². The van der Waals surface area contributed by atoms with Crippen molar-refractivity contribution in [2.75, 3.05) is 0 Å². The smallest absolute Gasteiger partial charge is 0.343 e. The number of carbonyl (C=O) groups excluding carboxylic acids is 3. The van der Waals surface area contributed by atoms with E-state index in [1.54, 1.807) is 30.3 Å². The van der Waals surface area contributed by atoms with Crippen molar-refractivity contribution in [1.82, 2.24) is 5.43 Å². The van der Waals surface area contributed by atoms with Crippen molar-refractivity contribution < 1.29 is 29.0 Å². The fraction of sp³-hybridized carbons (Fsp3) is 0. The lowest BCUT2D eigenvalue weighted by Crippen LogP contribution is -2.18. The summed E-state index contributed by atoms with van der Waals surface area (Å²) in [4.78, 5) is 38.2. The van der Waals surface area contributed by atoms with E-state index < -0.39 is 17.8 Å². The van der Waals surface area contributed by atoms with E-state index >= 15 is 0 Å². The van der Waals surface area contributed by atoms with Gasteiger partial charge >= 0.3 is 11.9 Å². The van der Waals surface area contributed by atoms with Crippen molar-refractivity contribution in [2.24, 2.45) is 5.10 Å². The molecule has 0 aliphatic heterocycles. The molecule has 0 fully saturated rings. The highest BCUT2D eigenvalue weighted by Gasteiger charge is 2.16. The van der Waals surface area contributed by atoms with Gasteiger partial charge in [0.15, 0.2) is 0 Å². The van der Waals surface area contributed by atoms with Gasteiger partial charge < -0.3 is 14.6 Å². The maximum absolute atomic E-state index is 12.8. The molecule has 8 nitrogen and oxygen atoms in total. The lowest BCUT2D eigenvalue weighted by atomic mass is 10.1. The third kappa shape index (κ3) is 6.75. The standard InChI is InChI=1S/C32H20Cl2N2O6/c33-24-10-5-19(6-11-24)31(39)41-26-14-9-23(29(17-26)42-32(40)20-7-12-25(34)13-8-20)18-35-36-30(38)27-15-21-3-1-2-4-22(21)16-28(27)37/h1-18,37H,(H,36,38)/b35-18-. The normalized spacial score (nSPS) is 10.9. The minimum atomic E-state index is -0.701. The van der Waals surface area contributed by atoms with E-state index in [1.807, 2.05) is 24.3 Å². The number of aromatic hydroxyl groups is 1. The highest BCUT2D eigenvalue weighted by Crippen LogP contribution is 2.27. The Labute approximate surface area is 249 Å². The number of carbonyl (C=O) groups is 3. The van der Waals surface area contributed by atoms with Crippen molar-refractivity contribution in [3.63, 3.8) is 0 Å². The Morgan fingerprint density at radius 1 is 0.714 bits per heavy atom. The van der Waals surface area contributed by atoms with Crippen molar-refractivity contribution in [1.29, 1.82) is 0 Å². The number of phenols is 1. The molecule has 0 aromatic heterocycles. The first kappa shape index (κ1) is 28.4. The predicted molar refractivity (Wildman–Crippen MR) is 160 cm³/mol. The van der Waals surface area contributed by atoms with Crippen LogP contribution in [0.4, 0.5) is 0 Å². The summed E-state index contributed by atoms with van der Waals surface area (Å²) in [6, 6.07) is 26.9. The number of fused-ring (bicyclic) bond motifs is 1. The zero-order valence-corrected chi connectivity index (χ0v) is 23.1. The SMILES string of the molecule is O=C(Oc1ccc(/C=N\NC(=O)c2cc3ccccc3cc2O)c(OC(=O)c2ccc(Cl)cc2)c1)c1ccc(Cl)cc1. The Morgan fingerprint density at radius 2 is 1.29 bits per heavy atom. The zero-order valence-electron chi connectivity index (χ0n) is 21.6. The molecule has 0 atom stereocenters. The highest BCUT2D eigenvalue weighted by atomic mass is 35.5. The number of nitrogens with zero attached hydrogens (tertiary/aromatic N) is 1. The molecule has 2 N–H and O–H groups in total. The molecule has 42 heavy (non-hydrogen) atoms. The highest BCUT2D eigenvalue weighted by molar-refractivity contribution is 6.31. The van der Waals surface area contributed by atoms with E-state index in [9.17, 15) is 19.5 Å². The second-order valence-corrected chi connectivity index (χ2v) is 9.78. The Balaban J connectivity index is 1.38. The molecule has 0 radical (unpaired) electrons. The molecule has 0 spiro atoms.